The predicted octanol–water partition coefficient (Wildman–Crippen LogP) is 3.96. The number of aromatic nitrogens is 8. The molecule has 54 heavy (non-hydrogen) atoms. The van der Waals surface area contributed by atoms with E-state index in [9.17, 15) is 14.4 Å². The number of imidazole rings is 1. The van der Waals surface area contributed by atoms with Crippen LogP contribution in [0.5, 0.6) is 5.75 Å². The van der Waals surface area contributed by atoms with Gasteiger partial charge in [-0.3, -0.25) is 23.6 Å². The highest BCUT2D eigenvalue weighted by atomic mass is 16.5. The number of aryl methyl sites for hydroxylation is 2. The maximum atomic E-state index is 12.2. The van der Waals surface area contributed by atoms with Gasteiger partial charge in [0.2, 0.25) is 18.3 Å². The third-order valence-corrected chi connectivity index (χ3v) is 9.16. The number of allylic oxidation sites excluding steroid dienone is 2. The van der Waals surface area contributed by atoms with E-state index in [1.165, 1.54) is 6.20 Å². The van der Waals surface area contributed by atoms with E-state index < -0.39 is 5.91 Å². The zero-order chi connectivity index (χ0) is 38.2. The maximum Gasteiger partial charge on any atom is 0.250 e. The van der Waals surface area contributed by atoms with Gasteiger partial charge in [-0.25, -0.2) is 19.9 Å². The highest BCUT2D eigenvalue weighted by Gasteiger charge is 2.20. The van der Waals surface area contributed by atoms with Crippen molar-refractivity contribution in [3.8, 4) is 17.3 Å². The fraction of sp³-hybridized carbons (Fsp3) is 0.368. The molecule has 6 rings (SSSR count). The third-order valence-electron chi connectivity index (χ3n) is 9.16. The Kier molecular flexibility index (Phi) is 11.9. The topological polar surface area (TPSA) is 193 Å². The summed E-state index contributed by atoms with van der Waals surface area (Å²) in [5.41, 5.74) is 10.6. The summed E-state index contributed by atoms with van der Waals surface area (Å²) in [6, 6.07) is 7.24. The lowest BCUT2D eigenvalue weighted by Gasteiger charge is -2.21. The van der Waals surface area contributed by atoms with Gasteiger partial charge in [0, 0.05) is 75.0 Å². The first-order chi connectivity index (χ1) is 26.3. The average Bonchev–Trinajstić information content (AvgIpc) is 3.84. The molecule has 0 saturated heterocycles. The van der Waals surface area contributed by atoms with E-state index in [4.69, 9.17) is 20.4 Å². The second-order valence-corrected chi connectivity index (χ2v) is 12.9. The normalized spacial score (nSPS) is 11.7. The van der Waals surface area contributed by atoms with Crippen molar-refractivity contribution < 1.29 is 19.1 Å². The molecule has 282 valence electrons. The smallest absolute Gasteiger partial charge is 0.250 e. The van der Waals surface area contributed by atoms with Crippen LogP contribution in [0.4, 0.5) is 5.95 Å². The summed E-state index contributed by atoms with van der Waals surface area (Å²) >= 11 is 0. The Hall–Kier alpha value is -6.16. The van der Waals surface area contributed by atoms with Crippen LogP contribution in [0.2, 0.25) is 0 Å². The average molecular weight is 735 g/mol. The van der Waals surface area contributed by atoms with Gasteiger partial charge in [-0.05, 0) is 57.5 Å². The highest BCUT2D eigenvalue weighted by Crippen LogP contribution is 2.36. The molecule has 0 spiro atoms. The zero-order valence-corrected chi connectivity index (χ0v) is 31.1. The van der Waals surface area contributed by atoms with Gasteiger partial charge in [-0.15, -0.1) is 0 Å². The fourth-order valence-corrected chi connectivity index (χ4v) is 6.71. The number of nitrogens with two attached hydrogens (primary N) is 1. The van der Waals surface area contributed by atoms with Crippen molar-refractivity contribution in [3.63, 3.8) is 0 Å². The van der Waals surface area contributed by atoms with Crippen molar-refractivity contribution in [1.82, 2.24) is 49.1 Å². The molecule has 0 aliphatic rings. The van der Waals surface area contributed by atoms with E-state index in [1.54, 1.807) is 25.4 Å². The van der Waals surface area contributed by atoms with E-state index in [0.717, 1.165) is 72.8 Å². The maximum absolute atomic E-state index is 12.2. The molecule has 0 bridgehead atoms. The molecule has 16 nitrogen and oxygen atoms in total. The summed E-state index contributed by atoms with van der Waals surface area (Å²) in [6.07, 6.45) is 10.6. The van der Waals surface area contributed by atoms with E-state index in [-0.39, 0.29) is 5.56 Å². The van der Waals surface area contributed by atoms with Crippen molar-refractivity contribution in [2.45, 2.75) is 53.2 Å². The number of hydrogen-bond donors (Lipinski definition) is 3. The summed E-state index contributed by atoms with van der Waals surface area (Å²) in [6.45, 7) is 11.1. The van der Waals surface area contributed by atoms with Gasteiger partial charge in [0.05, 0.1) is 23.4 Å². The number of amides is 2. The minimum atomic E-state index is -0.567. The molecule has 16 heteroatoms. The number of nitrogens with one attached hydrogen (secondary N) is 2. The Morgan fingerprint density at radius 3 is 2.50 bits per heavy atom. The molecule has 0 aliphatic heterocycles. The van der Waals surface area contributed by atoms with Crippen molar-refractivity contribution >= 4 is 57.7 Å². The standard InChI is InChI=1S/C38H46N12O4/c1-5-11-47(15-10-41-24-52)12-9-16-54-32-19-26(23-51)18-28-29-22-42-35(31-17-25(3)46-50(31)6-2)45-36(29)48(33(28)32)13-7-8-14-49-37-30(44-38(49)40-4)20-27(21-43-37)34(39)53/h7-8,17-24H,5-6,9-16H2,1-4H3,(H2,39,53)(H,40,44)(H,41,52)/b8-7+. The molecule has 6 aromatic rings. The summed E-state index contributed by atoms with van der Waals surface area (Å²) in [4.78, 5) is 55.9. The molecule has 0 fully saturated rings. The van der Waals surface area contributed by atoms with E-state index in [1.807, 2.05) is 47.4 Å². The summed E-state index contributed by atoms with van der Waals surface area (Å²) in [7, 11) is 1.78. The zero-order valence-electron chi connectivity index (χ0n) is 31.1. The Labute approximate surface area is 312 Å². The minimum Gasteiger partial charge on any atom is -0.491 e. The molecule has 0 unspecified atom stereocenters. The van der Waals surface area contributed by atoms with Crippen molar-refractivity contribution in [1.29, 1.82) is 0 Å². The van der Waals surface area contributed by atoms with Crippen molar-refractivity contribution in [2.24, 2.45) is 5.73 Å². The Morgan fingerprint density at radius 1 is 0.963 bits per heavy atom. The summed E-state index contributed by atoms with van der Waals surface area (Å²) < 4.78 is 12.4. The van der Waals surface area contributed by atoms with Crippen LogP contribution in [0.25, 0.3) is 44.6 Å². The van der Waals surface area contributed by atoms with Crippen molar-refractivity contribution in [3.05, 3.63) is 65.6 Å². The Morgan fingerprint density at radius 2 is 1.78 bits per heavy atom. The van der Waals surface area contributed by atoms with Crippen LogP contribution in [0.3, 0.4) is 0 Å². The van der Waals surface area contributed by atoms with Gasteiger partial charge in [-0.2, -0.15) is 5.10 Å². The molecule has 5 heterocycles. The first-order valence-electron chi connectivity index (χ1n) is 18.1. The fourth-order valence-electron chi connectivity index (χ4n) is 6.71. The number of carbonyl (C=O) groups excluding carboxylic acids is 3. The molecular formula is C38H46N12O4. The predicted molar refractivity (Wildman–Crippen MR) is 208 cm³/mol. The number of pyridine rings is 1. The molecule has 0 radical (unpaired) electrons. The van der Waals surface area contributed by atoms with E-state index in [0.29, 0.717) is 72.7 Å². The van der Waals surface area contributed by atoms with E-state index in [2.05, 4.69) is 42.1 Å². The highest BCUT2D eigenvalue weighted by molar-refractivity contribution is 6.10. The van der Waals surface area contributed by atoms with Crippen LogP contribution in [-0.4, -0.2) is 102 Å². The van der Waals surface area contributed by atoms with Crippen LogP contribution in [0.15, 0.2) is 48.8 Å². The van der Waals surface area contributed by atoms with Gasteiger partial charge < -0.3 is 30.6 Å². The number of fused-ring (bicyclic) bond motifs is 4. The Bertz CT molecular complexity index is 2320. The second-order valence-electron chi connectivity index (χ2n) is 12.9. The SMILES string of the molecule is CCCN(CCCOc1cc(C=O)cc2c3cnc(-c4cc(C)nn4CC)nc3n(C/C=C/Cn3c(NC)nc4cc(C(N)=O)cnc43)c12)CCNC=O. The number of carbonyl (C=O) groups is 3. The molecule has 0 saturated carbocycles. The van der Waals surface area contributed by atoms with Gasteiger partial charge in [0.1, 0.15) is 28.9 Å². The van der Waals surface area contributed by atoms with Crippen LogP contribution < -0.4 is 21.1 Å². The molecule has 4 N–H and O–H groups in total. The lowest BCUT2D eigenvalue weighted by atomic mass is 10.1. The largest absolute Gasteiger partial charge is 0.491 e. The summed E-state index contributed by atoms with van der Waals surface area (Å²) in [5.74, 6) is 1.15. The van der Waals surface area contributed by atoms with Crippen LogP contribution in [0.1, 0.15) is 53.1 Å². The number of hydrogen-bond acceptors (Lipinski definition) is 11. The number of anilines is 1. The molecular weight excluding hydrogens is 688 g/mol. The van der Waals surface area contributed by atoms with Crippen LogP contribution in [0, 0.1) is 6.92 Å². The van der Waals surface area contributed by atoms with Crippen LogP contribution in [-0.2, 0) is 24.4 Å². The van der Waals surface area contributed by atoms with Gasteiger partial charge in [0.15, 0.2) is 11.5 Å². The third kappa shape index (κ3) is 7.93. The first-order valence-corrected chi connectivity index (χ1v) is 18.1. The van der Waals surface area contributed by atoms with Gasteiger partial charge in [-0.1, -0.05) is 19.1 Å². The lowest BCUT2D eigenvalue weighted by molar-refractivity contribution is -0.109. The van der Waals surface area contributed by atoms with Crippen molar-refractivity contribution in [2.75, 3.05) is 45.2 Å². The Balaban J connectivity index is 1.37. The number of benzene rings is 1. The number of aldehydes is 1. The molecule has 0 aliphatic carbocycles. The molecule has 0 atom stereocenters. The first kappa shape index (κ1) is 37.6. The van der Waals surface area contributed by atoms with Gasteiger partial charge in [0.25, 0.3) is 0 Å². The minimum absolute atomic E-state index is 0.288. The molecule has 5 aromatic heterocycles. The molecule has 2 amide bonds. The quantitative estimate of drug-likeness (QED) is 0.0584. The number of nitrogens with zero attached hydrogens (tertiary/aromatic N) is 9. The monoisotopic (exact) mass is 734 g/mol. The number of primary amides is 1. The summed E-state index contributed by atoms with van der Waals surface area (Å²) in [5, 5.41) is 12.1. The van der Waals surface area contributed by atoms with E-state index >= 15 is 0 Å². The second kappa shape index (κ2) is 17.1. The van der Waals surface area contributed by atoms with Crippen LogP contribution >= 0.6 is 0 Å². The lowest BCUT2D eigenvalue weighted by Crippen LogP contribution is -2.33. The number of rotatable bonds is 20. The number of ether oxygens (including phenoxy) is 1. The molecule has 1 aromatic carbocycles. The van der Waals surface area contributed by atoms with Gasteiger partial charge >= 0.3 is 0 Å².